The summed E-state index contributed by atoms with van der Waals surface area (Å²) >= 11 is 0. The van der Waals surface area contributed by atoms with Crippen LogP contribution in [0.15, 0.2) is 0 Å². The smallest absolute Gasteiger partial charge is 0.219 e. The highest BCUT2D eigenvalue weighted by molar-refractivity contribution is 5.73. The summed E-state index contributed by atoms with van der Waals surface area (Å²) in [6.07, 6.45) is 0. The quantitative estimate of drug-likeness (QED) is 0.574. The Balaban J connectivity index is 2.46. The van der Waals surface area contributed by atoms with E-state index in [1.165, 1.54) is 0 Å². The summed E-state index contributed by atoms with van der Waals surface area (Å²) in [7, 11) is 0. The van der Waals surface area contributed by atoms with E-state index in [9.17, 15) is 4.79 Å². The van der Waals surface area contributed by atoms with Crippen molar-refractivity contribution in [3.8, 4) is 0 Å². The minimum Gasteiger partial charge on any atom is -0.340 e. The standard InChI is InChI=1S/C9H18N2O/c1-4-10-5-6-11(9(3)12)7-8(10)2/h8H,4-7H2,1-3H3/t8-/m1/s1. The molecule has 1 heterocycles. The summed E-state index contributed by atoms with van der Waals surface area (Å²) in [5, 5.41) is 0. The van der Waals surface area contributed by atoms with Gasteiger partial charge in [-0.1, -0.05) is 6.92 Å². The average Bonchev–Trinajstić information content (AvgIpc) is 2.04. The third kappa shape index (κ3) is 1.97. The van der Waals surface area contributed by atoms with Crippen LogP contribution in [0, 0.1) is 0 Å². The van der Waals surface area contributed by atoms with E-state index < -0.39 is 0 Å². The van der Waals surface area contributed by atoms with E-state index in [0.717, 1.165) is 26.2 Å². The van der Waals surface area contributed by atoms with Crippen molar-refractivity contribution < 1.29 is 4.79 Å². The molecule has 0 bridgehead atoms. The first-order chi connectivity index (χ1) is 5.65. The molecule has 0 saturated carbocycles. The van der Waals surface area contributed by atoms with Gasteiger partial charge in [-0.15, -0.1) is 0 Å². The third-order valence-electron chi connectivity index (χ3n) is 2.62. The van der Waals surface area contributed by atoms with Crippen molar-refractivity contribution in [3.05, 3.63) is 0 Å². The molecular formula is C9H18N2O. The fourth-order valence-corrected chi connectivity index (χ4v) is 1.75. The van der Waals surface area contributed by atoms with E-state index in [1.807, 2.05) is 4.90 Å². The van der Waals surface area contributed by atoms with E-state index in [4.69, 9.17) is 0 Å². The number of carbonyl (C=O) groups excluding carboxylic acids is 1. The summed E-state index contributed by atoms with van der Waals surface area (Å²) in [6, 6.07) is 0.521. The van der Waals surface area contributed by atoms with Crippen molar-refractivity contribution in [2.75, 3.05) is 26.2 Å². The lowest BCUT2D eigenvalue weighted by molar-refractivity contribution is -0.131. The summed E-state index contributed by atoms with van der Waals surface area (Å²) in [5.41, 5.74) is 0. The molecule has 1 fully saturated rings. The van der Waals surface area contributed by atoms with E-state index in [-0.39, 0.29) is 5.91 Å². The first-order valence-electron chi connectivity index (χ1n) is 4.64. The maximum absolute atomic E-state index is 11.0. The maximum atomic E-state index is 11.0. The van der Waals surface area contributed by atoms with Crippen molar-refractivity contribution >= 4 is 5.91 Å². The van der Waals surface area contributed by atoms with Crippen LogP contribution in [-0.2, 0) is 4.79 Å². The number of piperazine rings is 1. The first-order valence-corrected chi connectivity index (χ1v) is 4.64. The molecule has 0 aromatic rings. The monoisotopic (exact) mass is 170 g/mol. The lowest BCUT2D eigenvalue weighted by Crippen LogP contribution is -2.52. The Hall–Kier alpha value is -0.570. The van der Waals surface area contributed by atoms with Crippen LogP contribution in [0.3, 0.4) is 0 Å². The Morgan fingerprint density at radius 3 is 2.58 bits per heavy atom. The van der Waals surface area contributed by atoms with Gasteiger partial charge in [-0.25, -0.2) is 0 Å². The molecule has 1 rings (SSSR count). The Labute approximate surface area is 74.3 Å². The number of likely N-dealkylation sites (N-methyl/N-ethyl adjacent to an activating group) is 1. The average molecular weight is 170 g/mol. The second kappa shape index (κ2) is 3.90. The Morgan fingerprint density at radius 1 is 1.50 bits per heavy atom. The fourth-order valence-electron chi connectivity index (χ4n) is 1.75. The molecule has 0 radical (unpaired) electrons. The molecule has 1 aliphatic heterocycles. The molecule has 1 amide bonds. The van der Waals surface area contributed by atoms with Gasteiger partial charge in [-0.3, -0.25) is 9.69 Å². The second-order valence-electron chi connectivity index (χ2n) is 3.44. The van der Waals surface area contributed by atoms with Gasteiger partial charge in [0, 0.05) is 32.6 Å². The summed E-state index contributed by atoms with van der Waals surface area (Å²) in [4.78, 5) is 15.4. The molecule has 3 heteroatoms. The number of hydrogen-bond donors (Lipinski definition) is 0. The van der Waals surface area contributed by atoms with Crippen molar-refractivity contribution in [3.63, 3.8) is 0 Å². The van der Waals surface area contributed by atoms with Crippen LogP contribution < -0.4 is 0 Å². The molecule has 1 saturated heterocycles. The van der Waals surface area contributed by atoms with Gasteiger partial charge in [0.25, 0.3) is 0 Å². The second-order valence-corrected chi connectivity index (χ2v) is 3.44. The molecule has 0 unspecified atom stereocenters. The van der Waals surface area contributed by atoms with Gasteiger partial charge >= 0.3 is 0 Å². The zero-order valence-electron chi connectivity index (χ0n) is 8.21. The van der Waals surface area contributed by atoms with E-state index in [2.05, 4.69) is 18.7 Å². The summed E-state index contributed by atoms with van der Waals surface area (Å²) < 4.78 is 0. The lowest BCUT2D eigenvalue weighted by Gasteiger charge is -2.38. The Morgan fingerprint density at radius 2 is 2.17 bits per heavy atom. The van der Waals surface area contributed by atoms with Gasteiger partial charge < -0.3 is 4.90 Å². The van der Waals surface area contributed by atoms with Crippen LogP contribution >= 0.6 is 0 Å². The molecule has 70 valence electrons. The van der Waals surface area contributed by atoms with E-state index in [1.54, 1.807) is 6.92 Å². The summed E-state index contributed by atoms with van der Waals surface area (Å²) in [5.74, 6) is 0.206. The molecule has 1 aliphatic rings. The van der Waals surface area contributed by atoms with Crippen molar-refractivity contribution in [1.29, 1.82) is 0 Å². The maximum Gasteiger partial charge on any atom is 0.219 e. The normalized spacial score (nSPS) is 25.9. The highest BCUT2D eigenvalue weighted by Crippen LogP contribution is 2.08. The van der Waals surface area contributed by atoms with Crippen molar-refractivity contribution in [2.45, 2.75) is 26.8 Å². The van der Waals surface area contributed by atoms with Crippen LogP contribution in [-0.4, -0.2) is 47.9 Å². The first kappa shape index (κ1) is 9.52. The zero-order valence-corrected chi connectivity index (χ0v) is 8.21. The van der Waals surface area contributed by atoms with Gasteiger partial charge in [0.15, 0.2) is 0 Å². The molecule has 0 N–H and O–H groups in total. The molecular weight excluding hydrogens is 152 g/mol. The Bertz CT molecular complexity index is 170. The predicted molar refractivity (Wildman–Crippen MR) is 49.0 cm³/mol. The van der Waals surface area contributed by atoms with Gasteiger partial charge in [0.2, 0.25) is 5.91 Å². The largest absolute Gasteiger partial charge is 0.340 e. The van der Waals surface area contributed by atoms with E-state index >= 15 is 0 Å². The number of nitrogens with zero attached hydrogens (tertiary/aromatic N) is 2. The van der Waals surface area contributed by atoms with Crippen molar-refractivity contribution in [2.24, 2.45) is 0 Å². The molecule has 0 aromatic carbocycles. The van der Waals surface area contributed by atoms with Gasteiger partial charge in [-0.2, -0.15) is 0 Å². The highest BCUT2D eigenvalue weighted by atomic mass is 16.2. The molecule has 0 aliphatic carbocycles. The van der Waals surface area contributed by atoms with Gasteiger partial charge in [0.1, 0.15) is 0 Å². The number of hydrogen-bond acceptors (Lipinski definition) is 2. The molecule has 1 atom stereocenters. The van der Waals surface area contributed by atoms with Gasteiger partial charge in [0.05, 0.1) is 0 Å². The number of amides is 1. The van der Waals surface area contributed by atoms with Crippen molar-refractivity contribution in [1.82, 2.24) is 9.80 Å². The summed E-state index contributed by atoms with van der Waals surface area (Å²) in [6.45, 7) is 9.90. The number of rotatable bonds is 1. The highest BCUT2D eigenvalue weighted by Gasteiger charge is 2.23. The van der Waals surface area contributed by atoms with E-state index in [0.29, 0.717) is 6.04 Å². The molecule has 12 heavy (non-hydrogen) atoms. The third-order valence-corrected chi connectivity index (χ3v) is 2.62. The lowest BCUT2D eigenvalue weighted by atomic mass is 10.2. The molecule has 3 nitrogen and oxygen atoms in total. The minimum absolute atomic E-state index is 0.206. The molecule has 0 spiro atoms. The van der Waals surface area contributed by atoms with Crippen LogP contribution in [0.2, 0.25) is 0 Å². The van der Waals surface area contributed by atoms with Crippen LogP contribution in [0.5, 0.6) is 0 Å². The fraction of sp³-hybridized carbons (Fsp3) is 0.889. The minimum atomic E-state index is 0.206. The zero-order chi connectivity index (χ0) is 9.14. The van der Waals surface area contributed by atoms with Crippen LogP contribution in [0.1, 0.15) is 20.8 Å². The Kier molecular flexibility index (Phi) is 3.09. The van der Waals surface area contributed by atoms with Gasteiger partial charge in [-0.05, 0) is 13.5 Å². The predicted octanol–water partition coefficient (Wildman–Crippen LogP) is 0.559. The number of carbonyl (C=O) groups is 1. The molecule has 0 aromatic heterocycles. The SMILES string of the molecule is CCN1CCN(C(C)=O)C[C@H]1C. The topological polar surface area (TPSA) is 23.6 Å². The van der Waals surface area contributed by atoms with Crippen LogP contribution in [0.25, 0.3) is 0 Å². The van der Waals surface area contributed by atoms with Crippen LogP contribution in [0.4, 0.5) is 0 Å².